The van der Waals surface area contributed by atoms with Gasteiger partial charge in [-0.1, -0.05) is 0 Å². The minimum Gasteiger partial charge on any atom is -0.497 e. The Bertz CT molecular complexity index is 1090. The van der Waals surface area contributed by atoms with Crippen LogP contribution in [0.5, 0.6) is 11.5 Å². The van der Waals surface area contributed by atoms with Crippen LogP contribution >= 0.6 is 0 Å². The topological polar surface area (TPSA) is 94.9 Å². The first kappa shape index (κ1) is 29.0. The van der Waals surface area contributed by atoms with Crippen molar-refractivity contribution in [3.05, 3.63) is 54.1 Å². The van der Waals surface area contributed by atoms with Crippen LogP contribution < -0.4 is 14.4 Å². The number of methoxy groups -OCH3 is 2. The molecule has 0 bridgehead atoms. The Hall–Kier alpha value is -2.99. The lowest BCUT2D eigenvalue weighted by molar-refractivity contribution is -0.138. The molecule has 0 saturated carbocycles. The molecule has 0 spiro atoms. The van der Waals surface area contributed by atoms with Gasteiger partial charge in [-0.15, -0.1) is 0 Å². The number of amides is 1. The zero-order chi connectivity index (χ0) is 28.0. The molecular formula is C28H37F2N3O6. The molecule has 2 aliphatic rings. The number of benzene rings is 2. The third-order valence-corrected chi connectivity index (χ3v) is 7.30. The fourth-order valence-corrected chi connectivity index (χ4v) is 5.27. The fourth-order valence-electron chi connectivity index (χ4n) is 5.27. The number of nitrogens with zero attached hydrogens (tertiary/aromatic N) is 3. The second-order valence-corrected chi connectivity index (χ2v) is 10.5. The first-order chi connectivity index (χ1) is 18.6. The van der Waals surface area contributed by atoms with E-state index in [4.69, 9.17) is 14.2 Å². The van der Waals surface area contributed by atoms with Crippen molar-refractivity contribution < 1.29 is 38.0 Å². The highest BCUT2D eigenvalue weighted by atomic mass is 19.1. The zero-order valence-electron chi connectivity index (χ0n) is 22.4. The number of piperidine rings is 1. The van der Waals surface area contributed by atoms with E-state index in [0.29, 0.717) is 45.6 Å². The van der Waals surface area contributed by atoms with Crippen molar-refractivity contribution in [3.8, 4) is 11.5 Å². The fraction of sp³-hybridized carbons (Fsp3) is 0.536. The van der Waals surface area contributed by atoms with Crippen molar-refractivity contribution in [2.45, 2.75) is 24.0 Å². The number of halogens is 2. The molecule has 2 saturated heterocycles. The molecule has 2 aromatic carbocycles. The Balaban J connectivity index is 1.43. The van der Waals surface area contributed by atoms with Crippen LogP contribution in [0.2, 0.25) is 0 Å². The summed E-state index contributed by atoms with van der Waals surface area (Å²) in [5.41, 5.74) is -1.48. The van der Waals surface area contributed by atoms with E-state index in [1.54, 1.807) is 7.11 Å². The Labute approximate surface area is 227 Å². The van der Waals surface area contributed by atoms with Crippen LogP contribution in [0.25, 0.3) is 0 Å². The second kappa shape index (κ2) is 12.5. The smallest absolute Gasteiger partial charge is 0.248 e. The van der Waals surface area contributed by atoms with Crippen LogP contribution in [-0.4, -0.2) is 110 Å². The lowest BCUT2D eigenvalue weighted by Gasteiger charge is -2.42. The molecule has 1 amide bonds. The third-order valence-electron chi connectivity index (χ3n) is 7.30. The van der Waals surface area contributed by atoms with E-state index < -0.39 is 22.8 Å². The van der Waals surface area contributed by atoms with E-state index in [9.17, 15) is 23.8 Å². The number of carbonyl (C=O) groups is 1. The van der Waals surface area contributed by atoms with Crippen LogP contribution in [0.1, 0.15) is 12.8 Å². The average Bonchev–Trinajstić information content (AvgIpc) is 3.06. The first-order valence-electron chi connectivity index (χ1n) is 13.0. The van der Waals surface area contributed by atoms with Gasteiger partial charge in [0.2, 0.25) is 5.91 Å². The largest absolute Gasteiger partial charge is 0.497 e. The Kier molecular flexibility index (Phi) is 9.27. The molecule has 11 heteroatoms. The standard InChI is InChI=1S/C28H37F2N3O6/c1-37-16-26(34)33-12-11-31(18-28(36,19-33)20-39-25-14-21(29)13-22(30)15-25)17-27(35)7-9-32(10-8-27)23-3-5-24(38-2)6-4-23/h3-6,13-15,35-36H,7-12,16-20H2,1-2H3. The molecule has 9 nitrogen and oxygen atoms in total. The monoisotopic (exact) mass is 549 g/mol. The van der Waals surface area contributed by atoms with Crippen molar-refractivity contribution in [1.82, 2.24) is 9.80 Å². The van der Waals surface area contributed by atoms with Crippen molar-refractivity contribution in [1.29, 1.82) is 0 Å². The molecule has 39 heavy (non-hydrogen) atoms. The Morgan fingerprint density at radius 3 is 2.18 bits per heavy atom. The molecule has 1 unspecified atom stereocenters. The highest BCUT2D eigenvalue weighted by molar-refractivity contribution is 5.77. The third kappa shape index (κ3) is 7.78. The number of hydrogen-bond donors (Lipinski definition) is 2. The molecule has 0 aliphatic carbocycles. The van der Waals surface area contributed by atoms with E-state index in [-0.39, 0.29) is 38.0 Å². The highest BCUT2D eigenvalue weighted by Gasteiger charge is 2.41. The lowest BCUT2D eigenvalue weighted by Crippen LogP contribution is -2.56. The maximum atomic E-state index is 13.6. The van der Waals surface area contributed by atoms with Gasteiger partial charge in [-0.2, -0.15) is 0 Å². The summed E-state index contributed by atoms with van der Waals surface area (Å²) >= 11 is 0. The zero-order valence-corrected chi connectivity index (χ0v) is 22.4. The first-order valence-corrected chi connectivity index (χ1v) is 13.0. The summed E-state index contributed by atoms with van der Waals surface area (Å²) in [6, 6.07) is 10.6. The molecule has 4 rings (SSSR count). The van der Waals surface area contributed by atoms with E-state index in [1.807, 2.05) is 29.2 Å². The van der Waals surface area contributed by atoms with Crippen LogP contribution in [0, 0.1) is 11.6 Å². The molecule has 1 atom stereocenters. The maximum Gasteiger partial charge on any atom is 0.248 e. The number of ether oxygens (including phenoxy) is 3. The summed E-state index contributed by atoms with van der Waals surface area (Å²) in [5.74, 6) is -1.15. The van der Waals surface area contributed by atoms with Gasteiger partial charge in [-0.05, 0) is 37.1 Å². The second-order valence-electron chi connectivity index (χ2n) is 10.5. The summed E-state index contributed by atoms with van der Waals surface area (Å²) in [7, 11) is 3.05. The number of anilines is 1. The molecule has 214 valence electrons. The molecule has 2 aliphatic heterocycles. The lowest BCUT2D eigenvalue weighted by atomic mass is 9.90. The van der Waals surface area contributed by atoms with Crippen molar-refractivity contribution in [3.63, 3.8) is 0 Å². The van der Waals surface area contributed by atoms with Gasteiger partial charge < -0.3 is 34.2 Å². The van der Waals surface area contributed by atoms with Crippen LogP contribution in [0.4, 0.5) is 14.5 Å². The number of carbonyl (C=O) groups excluding carboxylic acids is 1. The number of aliphatic hydroxyl groups is 2. The molecular weight excluding hydrogens is 512 g/mol. The average molecular weight is 550 g/mol. The van der Waals surface area contributed by atoms with Crippen LogP contribution in [0.3, 0.4) is 0 Å². The van der Waals surface area contributed by atoms with Gasteiger partial charge in [0.1, 0.15) is 41.9 Å². The van der Waals surface area contributed by atoms with Gasteiger partial charge in [-0.3, -0.25) is 9.69 Å². The van der Waals surface area contributed by atoms with Crippen LogP contribution in [0.15, 0.2) is 42.5 Å². The van der Waals surface area contributed by atoms with Crippen molar-refractivity contribution >= 4 is 11.6 Å². The minimum atomic E-state index is -1.55. The summed E-state index contributed by atoms with van der Waals surface area (Å²) in [6.07, 6.45) is 1.05. The Morgan fingerprint density at radius 1 is 0.897 bits per heavy atom. The quantitative estimate of drug-likeness (QED) is 0.490. The number of hydrogen-bond acceptors (Lipinski definition) is 8. The number of rotatable bonds is 9. The molecule has 0 radical (unpaired) electrons. The van der Waals surface area contributed by atoms with Gasteiger partial charge >= 0.3 is 0 Å². The van der Waals surface area contributed by atoms with Gasteiger partial charge in [0.25, 0.3) is 0 Å². The van der Waals surface area contributed by atoms with E-state index in [1.165, 1.54) is 12.0 Å². The van der Waals surface area contributed by atoms with Gasteiger partial charge in [0, 0.05) is 70.3 Å². The van der Waals surface area contributed by atoms with Crippen LogP contribution in [-0.2, 0) is 9.53 Å². The van der Waals surface area contributed by atoms with E-state index in [0.717, 1.165) is 29.6 Å². The van der Waals surface area contributed by atoms with Crippen molar-refractivity contribution in [2.24, 2.45) is 0 Å². The number of β-amino-alcohol motifs (C(OH)–C–C–N with tert-alkyl or cyclic N) is 2. The predicted molar refractivity (Wildman–Crippen MR) is 141 cm³/mol. The molecule has 2 aromatic rings. The molecule has 2 N–H and O–H groups in total. The summed E-state index contributed by atoms with van der Waals surface area (Å²) < 4.78 is 43.1. The van der Waals surface area contributed by atoms with Gasteiger partial charge in [0.05, 0.1) is 19.3 Å². The summed E-state index contributed by atoms with van der Waals surface area (Å²) in [5, 5.41) is 23.0. The maximum absolute atomic E-state index is 13.6. The normalized spacial score (nSPS) is 21.9. The summed E-state index contributed by atoms with van der Waals surface area (Å²) in [4.78, 5) is 18.3. The Morgan fingerprint density at radius 2 is 1.56 bits per heavy atom. The summed E-state index contributed by atoms with van der Waals surface area (Å²) in [6.45, 7) is 1.99. The minimum absolute atomic E-state index is 0.0484. The van der Waals surface area contributed by atoms with Crippen molar-refractivity contribution in [2.75, 3.05) is 78.1 Å². The molecule has 0 aromatic heterocycles. The highest BCUT2D eigenvalue weighted by Crippen LogP contribution is 2.29. The predicted octanol–water partition coefficient (Wildman–Crippen LogP) is 1.91. The van der Waals surface area contributed by atoms with Gasteiger partial charge in [0.15, 0.2) is 0 Å². The molecule has 2 heterocycles. The van der Waals surface area contributed by atoms with E-state index in [2.05, 4.69) is 4.90 Å². The molecule has 2 fully saturated rings. The SMILES string of the molecule is COCC(=O)N1CCN(CC2(O)CCN(c3ccc(OC)cc3)CC2)CC(O)(COc2cc(F)cc(F)c2)C1. The van der Waals surface area contributed by atoms with Gasteiger partial charge in [-0.25, -0.2) is 8.78 Å². The van der Waals surface area contributed by atoms with E-state index >= 15 is 0 Å².